The van der Waals surface area contributed by atoms with Gasteiger partial charge in [0.05, 0.1) is 6.61 Å². The molecule has 1 fully saturated rings. The Hall–Kier alpha value is -0.570. The summed E-state index contributed by atoms with van der Waals surface area (Å²) in [5.74, 6) is 0.177. The molecule has 1 aliphatic heterocycles. The van der Waals surface area contributed by atoms with Crippen LogP contribution in [0.2, 0.25) is 0 Å². The minimum Gasteiger partial charge on any atom is -0.436 e. The van der Waals surface area contributed by atoms with E-state index < -0.39 is 0 Å². The predicted molar refractivity (Wildman–Crippen MR) is 58.4 cm³/mol. The summed E-state index contributed by atoms with van der Waals surface area (Å²) in [7, 11) is 0. The second kappa shape index (κ2) is 6.83. The van der Waals surface area contributed by atoms with Crippen molar-refractivity contribution in [3.05, 3.63) is 0 Å². The number of unbranched alkanes of at least 4 members (excludes halogenated alkanes) is 2. The molecule has 0 spiro atoms. The van der Waals surface area contributed by atoms with E-state index >= 15 is 0 Å². The summed E-state index contributed by atoms with van der Waals surface area (Å²) in [4.78, 5) is 10.9. The van der Waals surface area contributed by atoms with E-state index in [2.05, 4.69) is 6.92 Å². The minimum atomic E-state index is -0.284. The van der Waals surface area contributed by atoms with Gasteiger partial charge in [-0.25, -0.2) is 0 Å². The van der Waals surface area contributed by atoms with Crippen molar-refractivity contribution >= 4 is 5.97 Å². The Morgan fingerprint density at radius 3 is 2.93 bits per heavy atom. The zero-order chi connectivity index (χ0) is 11.1. The quantitative estimate of drug-likeness (QED) is 0.521. The van der Waals surface area contributed by atoms with Crippen LogP contribution in [0.3, 0.4) is 0 Å². The van der Waals surface area contributed by atoms with E-state index in [4.69, 9.17) is 9.47 Å². The van der Waals surface area contributed by atoms with Crippen LogP contribution in [0, 0.1) is 5.92 Å². The zero-order valence-corrected chi connectivity index (χ0v) is 9.83. The number of hydrogen-bond donors (Lipinski definition) is 0. The molecule has 2 atom stereocenters. The van der Waals surface area contributed by atoms with Crippen LogP contribution >= 0.6 is 0 Å². The number of ether oxygens (including phenoxy) is 2. The molecular weight excluding hydrogens is 192 g/mol. The van der Waals surface area contributed by atoms with Gasteiger partial charge in [0.25, 0.3) is 0 Å². The molecule has 0 saturated carbocycles. The van der Waals surface area contributed by atoms with Gasteiger partial charge in [-0.05, 0) is 19.3 Å². The van der Waals surface area contributed by atoms with Crippen LogP contribution in [-0.4, -0.2) is 18.9 Å². The van der Waals surface area contributed by atoms with Crippen molar-refractivity contribution in [3.63, 3.8) is 0 Å². The molecule has 15 heavy (non-hydrogen) atoms. The molecule has 0 aromatic carbocycles. The van der Waals surface area contributed by atoms with Gasteiger partial charge in [-0.2, -0.15) is 0 Å². The summed E-state index contributed by atoms with van der Waals surface area (Å²) in [5.41, 5.74) is 0. The molecule has 1 heterocycles. The normalized spacial score (nSPS) is 26.3. The number of hydrogen-bond acceptors (Lipinski definition) is 3. The van der Waals surface area contributed by atoms with Crippen molar-refractivity contribution in [1.82, 2.24) is 0 Å². The molecule has 0 aromatic heterocycles. The largest absolute Gasteiger partial charge is 0.436 e. The fourth-order valence-corrected chi connectivity index (χ4v) is 2.05. The first-order valence-corrected chi connectivity index (χ1v) is 6.03. The molecule has 3 heteroatoms. The van der Waals surface area contributed by atoms with Crippen molar-refractivity contribution in [3.8, 4) is 0 Å². The van der Waals surface area contributed by atoms with Gasteiger partial charge in [-0.3, -0.25) is 4.79 Å². The van der Waals surface area contributed by atoms with E-state index in [1.807, 2.05) is 0 Å². The van der Waals surface area contributed by atoms with Gasteiger partial charge in [0.2, 0.25) is 6.29 Å². The summed E-state index contributed by atoms with van der Waals surface area (Å²) in [6.45, 7) is 4.37. The Balaban J connectivity index is 2.32. The van der Waals surface area contributed by atoms with Crippen LogP contribution in [0.4, 0.5) is 0 Å². The molecule has 0 aromatic rings. The highest BCUT2D eigenvalue weighted by molar-refractivity contribution is 5.66. The summed E-state index contributed by atoms with van der Waals surface area (Å²) in [5, 5.41) is 0. The first-order valence-electron chi connectivity index (χ1n) is 6.03. The molecule has 3 nitrogen and oxygen atoms in total. The molecule has 2 unspecified atom stereocenters. The van der Waals surface area contributed by atoms with Crippen LogP contribution in [0.1, 0.15) is 52.4 Å². The monoisotopic (exact) mass is 214 g/mol. The Kier molecular flexibility index (Phi) is 5.69. The first-order chi connectivity index (χ1) is 7.24. The first kappa shape index (κ1) is 12.5. The molecule has 0 bridgehead atoms. The van der Waals surface area contributed by atoms with E-state index in [1.165, 1.54) is 26.2 Å². The molecule has 0 N–H and O–H groups in total. The van der Waals surface area contributed by atoms with Crippen molar-refractivity contribution in [2.24, 2.45) is 5.92 Å². The SMILES string of the molecule is CCCCCC1CCCOC1OC(C)=O. The Morgan fingerprint density at radius 2 is 2.27 bits per heavy atom. The lowest BCUT2D eigenvalue weighted by Gasteiger charge is -2.30. The van der Waals surface area contributed by atoms with E-state index in [0.29, 0.717) is 5.92 Å². The van der Waals surface area contributed by atoms with Crippen LogP contribution in [0.15, 0.2) is 0 Å². The zero-order valence-electron chi connectivity index (χ0n) is 9.83. The summed E-state index contributed by atoms with van der Waals surface area (Å²) < 4.78 is 10.7. The third-order valence-corrected chi connectivity index (χ3v) is 2.85. The Labute approximate surface area is 92.1 Å². The number of carbonyl (C=O) groups is 1. The van der Waals surface area contributed by atoms with E-state index in [0.717, 1.165) is 25.9 Å². The van der Waals surface area contributed by atoms with Crippen LogP contribution in [0.25, 0.3) is 0 Å². The molecule has 88 valence electrons. The molecule has 1 saturated heterocycles. The molecule has 0 aliphatic carbocycles. The second-order valence-corrected chi connectivity index (χ2v) is 4.25. The fourth-order valence-electron chi connectivity index (χ4n) is 2.05. The Bertz CT molecular complexity index is 191. The van der Waals surface area contributed by atoms with Gasteiger partial charge in [0.15, 0.2) is 0 Å². The lowest BCUT2D eigenvalue weighted by Crippen LogP contribution is -2.33. The minimum absolute atomic E-state index is 0.234. The van der Waals surface area contributed by atoms with Gasteiger partial charge >= 0.3 is 5.97 Å². The third kappa shape index (κ3) is 4.65. The summed E-state index contributed by atoms with van der Waals surface area (Å²) in [6, 6.07) is 0. The number of esters is 1. The van der Waals surface area contributed by atoms with Crippen LogP contribution in [0.5, 0.6) is 0 Å². The maximum absolute atomic E-state index is 10.9. The van der Waals surface area contributed by atoms with Crippen molar-refractivity contribution in [1.29, 1.82) is 0 Å². The maximum atomic E-state index is 10.9. The topological polar surface area (TPSA) is 35.5 Å². The fraction of sp³-hybridized carbons (Fsp3) is 0.917. The van der Waals surface area contributed by atoms with Crippen molar-refractivity contribution < 1.29 is 14.3 Å². The molecule has 1 rings (SSSR count). The average Bonchev–Trinajstić information content (AvgIpc) is 2.20. The second-order valence-electron chi connectivity index (χ2n) is 4.25. The average molecular weight is 214 g/mol. The number of carbonyl (C=O) groups excluding carboxylic acids is 1. The van der Waals surface area contributed by atoms with E-state index in [9.17, 15) is 4.79 Å². The van der Waals surface area contributed by atoms with Gasteiger partial charge in [-0.15, -0.1) is 0 Å². The van der Waals surface area contributed by atoms with Crippen LogP contribution in [-0.2, 0) is 14.3 Å². The maximum Gasteiger partial charge on any atom is 0.304 e. The van der Waals surface area contributed by atoms with Gasteiger partial charge in [0, 0.05) is 12.8 Å². The summed E-state index contributed by atoms with van der Waals surface area (Å²) >= 11 is 0. The van der Waals surface area contributed by atoms with Gasteiger partial charge in [0.1, 0.15) is 0 Å². The molecular formula is C12H22O3. The highest BCUT2D eigenvalue weighted by Crippen LogP contribution is 2.26. The van der Waals surface area contributed by atoms with Crippen LogP contribution < -0.4 is 0 Å². The smallest absolute Gasteiger partial charge is 0.304 e. The lowest BCUT2D eigenvalue weighted by atomic mass is 9.94. The van der Waals surface area contributed by atoms with Crippen molar-refractivity contribution in [2.75, 3.05) is 6.61 Å². The molecule has 1 aliphatic rings. The van der Waals surface area contributed by atoms with E-state index in [1.54, 1.807) is 0 Å². The predicted octanol–water partition coefficient (Wildman–Crippen LogP) is 2.88. The van der Waals surface area contributed by atoms with Gasteiger partial charge < -0.3 is 9.47 Å². The molecule has 0 amide bonds. The highest BCUT2D eigenvalue weighted by atomic mass is 16.7. The number of rotatable bonds is 5. The highest BCUT2D eigenvalue weighted by Gasteiger charge is 2.27. The van der Waals surface area contributed by atoms with Crippen molar-refractivity contribution in [2.45, 2.75) is 58.7 Å². The summed E-state index contributed by atoms with van der Waals surface area (Å²) in [6.07, 6.45) is 6.74. The lowest BCUT2D eigenvalue weighted by molar-refractivity contribution is -0.201. The van der Waals surface area contributed by atoms with Gasteiger partial charge in [-0.1, -0.05) is 26.2 Å². The Morgan fingerprint density at radius 1 is 1.47 bits per heavy atom. The van der Waals surface area contributed by atoms with E-state index in [-0.39, 0.29) is 12.3 Å². The standard InChI is InChI=1S/C12H22O3/c1-3-4-5-7-11-8-6-9-14-12(11)15-10(2)13/h11-12H,3-9H2,1-2H3. The molecule has 0 radical (unpaired) electrons. The third-order valence-electron chi connectivity index (χ3n) is 2.85.